The predicted octanol–water partition coefficient (Wildman–Crippen LogP) is 2.44. The van der Waals surface area contributed by atoms with Gasteiger partial charge in [0.15, 0.2) is 0 Å². The number of nitrogens with zero attached hydrogens (tertiary/aromatic N) is 3. The molecule has 1 N–H and O–H groups in total. The highest BCUT2D eigenvalue weighted by Gasteiger charge is 2.19. The van der Waals surface area contributed by atoms with Gasteiger partial charge >= 0.3 is 5.69 Å². The van der Waals surface area contributed by atoms with Crippen molar-refractivity contribution in [3.05, 3.63) is 52.1 Å². The zero-order valence-electron chi connectivity index (χ0n) is 11.4. The van der Waals surface area contributed by atoms with E-state index >= 15 is 0 Å². The molecule has 0 fully saturated rings. The Bertz CT molecular complexity index is 698. The van der Waals surface area contributed by atoms with Crippen LogP contribution in [-0.4, -0.2) is 20.6 Å². The number of nitrogens with one attached hydrogen (secondary N) is 1. The Hall–Kier alpha value is -2.77. The third-order valence-corrected chi connectivity index (χ3v) is 3.03. The van der Waals surface area contributed by atoms with E-state index in [1.54, 1.807) is 19.9 Å². The van der Waals surface area contributed by atoms with Gasteiger partial charge < -0.3 is 5.32 Å². The van der Waals surface area contributed by atoms with Crippen LogP contribution in [0.5, 0.6) is 0 Å². The molecule has 0 bridgehead atoms. The van der Waals surface area contributed by atoms with Crippen molar-refractivity contribution < 1.29 is 14.1 Å². The van der Waals surface area contributed by atoms with Crippen LogP contribution in [-0.2, 0) is 4.79 Å². The first-order valence-corrected chi connectivity index (χ1v) is 6.14. The lowest BCUT2D eigenvalue weighted by Crippen LogP contribution is -2.24. The highest BCUT2D eigenvalue weighted by atomic mass is 19.1. The van der Waals surface area contributed by atoms with Crippen molar-refractivity contribution in [1.29, 1.82) is 0 Å². The lowest BCUT2D eigenvalue weighted by molar-refractivity contribution is -0.385. The summed E-state index contributed by atoms with van der Waals surface area (Å²) in [5.41, 5.74) is 0.869. The minimum atomic E-state index is -0.763. The number of hydrogen-bond donors (Lipinski definition) is 1. The molecule has 1 atom stereocenters. The van der Waals surface area contributed by atoms with E-state index in [4.69, 9.17) is 0 Å². The van der Waals surface area contributed by atoms with Crippen LogP contribution in [0.1, 0.15) is 18.5 Å². The molecule has 0 radical (unpaired) electrons. The largest absolute Gasteiger partial charge is 0.324 e. The van der Waals surface area contributed by atoms with Crippen molar-refractivity contribution in [1.82, 2.24) is 9.78 Å². The third kappa shape index (κ3) is 3.22. The molecule has 110 valence electrons. The van der Waals surface area contributed by atoms with Gasteiger partial charge in [-0.1, -0.05) is 6.07 Å². The van der Waals surface area contributed by atoms with Crippen molar-refractivity contribution in [2.45, 2.75) is 19.9 Å². The summed E-state index contributed by atoms with van der Waals surface area (Å²) in [6.07, 6.45) is 2.24. The standard InChI is InChI=1S/C13H13FN4O3/c1-8-3-4-10(14)5-12(8)16-13(19)9(2)17-7-11(6-15-17)18(20)21/h3-7,9H,1-2H3,(H,16,19)/t9-/m1/s1. The molecule has 0 unspecified atom stereocenters. The number of nitro groups is 1. The minimum absolute atomic E-state index is 0.198. The second kappa shape index (κ2) is 5.70. The molecule has 2 aromatic rings. The maximum absolute atomic E-state index is 13.2. The van der Waals surface area contributed by atoms with E-state index in [1.807, 2.05) is 0 Å². The number of aryl methyl sites for hydroxylation is 1. The van der Waals surface area contributed by atoms with E-state index in [0.717, 1.165) is 6.20 Å². The Morgan fingerprint density at radius 1 is 1.52 bits per heavy atom. The monoisotopic (exact) mass is 292 g/mol. The molecule has 0 spiro atoms. The van der Waals surface area contributed by atoms with Crippen LogP contribution in [0.3, 0.4) is 0 Å². The molecule has 0 saturated carbocycles. The maximum Gasteiger partial charge on any atom is 0.307 e. The molecule has 1 heterocycles. The number of halogens is 1. The summed E-state index contributed by atoms with van der Waals surface area (Å²) in [6, 6.07) is 3.30. The number of amides is 1. The number of carbonyl (C=O) groups is 1. The normalized spacial score (nSPS) is 12.0. The zero-order chi connectivity index (χ0) is 15.6. The number of aromatic nitrogens is 2. The van der Waals surface area contributed by atoms with Gasteiger partial charge in [0, 0.05) is 5.69 Å². The molecule has 0 aliphatic carbocycles. The van der Waals surface area contributed by atoms with Crippen LogP contribution in [0.15, 0.2) is 30.6 Å². The van der Waals surface area contributed by atoms with E-state index in [1.165, 1.54) is 23.0 Å². The summed E-state index contributed by atoms with van der Waals surface area (Å²) in [5, 5.41) is 16.9. The van der Waals surface area contributed by atoms with E-state index in [0.29, 0.717) is 11.3 Å². The average Bonchev–Trinajstić information content (AvgIpc) is 2.91. The van der Waals surface area contributed by atoms with Crippen molar-refractivity contribution in [3.63, 3.8) is 0 Å². The van der Waals surface area contributed by atoms with Crippen LogP contribution in [0.25, 0.3) is 0 Å². The third-order valence-electron chi connectivity index (χ3n) is 3.03. The van der Waals surface area contributed by atoms with Gasteiger partial charge in [0.05, 0.1) is 4.92 Å². The zero-order valence-corrected chi connectivity index (χ0v) is 11.4. The fourth-order valence-electron chi connectivity index (χ4n) is 1.72. The van der Waals surface area contributed by atoms with Gasteiger partial charge in [0.1, 0.15) is 24.3 Å². The second-order valence-corrected chi connectivity index (χ2v) is 4.56. The van der Waals surface area contributed by atoms with Gasteiger partial charge in [0.2, 0.25) is 5.91 Å². The number of hydrogen-bond acceptors (Lipinski definition) is 4. The SMILES string of the molecule is Cc1ccc(F)cc1NC(=O)[C@@H](C)n1cc([N+](=O)[O-])cn1. The molecular formula is C13H13FN4O3. The summed E-state index contributed by atoms with van der Waals surface area (Å²) in [7, 11) is 0. The Balaban J connectivity index is 2.15. The smallest absolute Gasteiger partial charge is 0.307 e. The topological polar surface area (TPSA) is 90.1 Å². The summed E-state index contributed by atoms with van der Waals surface area (Å²) in [6.45, 7) is 3.28. The Morgan fingerprint density at radius 2 is 2.24 bits per heavy atom. The quantitative estimate of drug-likeness (QED) is 0.692. The van der Waals surface area contributed by atoms with Crippen molar-refractivity contribution in [2.75, 3.05) is 5.32 Å². The predicted molar refractivity (Wildman–Crippen MR) is 73.4 cm³/mol. The van der Waals surface area contributed by atoms with Gasteiger partial charge in [-0.25, -0.2) is 4.39 Å². The van der Waals surface area contributed by atoms with Crippen molar-refractivity contribution >= 4 is 17.3 Å². The highest BCUT2D eigenvalue weighted by Crippen LogP contribution is 2.19. The molecule has 0 saturated heterocycles. The van der Waals surface area contributed by atoms with E-state index in [2.05, 4.69) is 10.4 Å². The Labute approximate surface area is 119 Å². The summed E-state index contributed by atoms with van der Waals surface area (Å²) in [5.74, 6) is -0.903. The summed E-state index contributed by atoms with van der Waals surface area (Å²) in [4.78, 5) is 22.1. The molecule has 2 rings (SSSR count). The molecule has 1 aromatic heterocycles. The van der Waals surface area contributed by atoms with Gasteiger partial charge in [-0.3, -0.25) is 19.6 Å². The number of rotatable bonds is 4. The van der Waals surface area contributed by atoms with Crippen LogP contribution in [0, 0.1) is 22.9 Å². The van der Waals surface area contributed by atoms with E-state index in [-0.39, 0.29) is 5.69 Å². The number of benzene rings is 1. The van der Waals surface area contributed by atoms with Gasteiger partial charge in [-0.05, 0) is 31.5 Å². The summed E-state index contributed by atoms with van der Waals surface area (Å²) < 4.78 is 14.4. The summed E-state index contributed by atoms with van der Waals surface area (Å²) >= 11 is 0. The van der Waals surface area contributed by atoms with Crippen LogP contribution >= 0.6 is 0 Å². The molecular weight excluding hydrogens is 279 g/mol. The highest BCUT2D eigenvalue weighted by molar-refractivity contribution is 5.94. The molecule has 21 heavy (non-hydrogen) atoms. The number of anilines is 1. The Kier molecular flexibility index (Phi) is 3.97. The number of carbonyl (C=O) groups excluding carboxylic acids is 1. The lowest BCUT2D eigenvalue weighted by Gasteiger charge is -2.13. The Morgan fingerprint density at radius 3 is 2.86 bits per heavy atom. The molecule has 7 nitrogen and oxygen atoms in total. The molecule has 0 aliphatic heterocycles. The second-order valence-electron chi connectivity index (χ2n) is 4.56. The van der Waals surface area contributed by atoms with Crippen molar-refractivity contribution in [2.24, 2.45) is 0 Å². The van der Waals surface area contributed by atoms with Crippen LogP contribution in [0.2, 0.25) is 0 Å². The molecule has 0 aliphatic rings. The van der Waals surface area contributed by atoms with Gasteiger partial charge in [0.25, 0.3) is 0 Å². The van der Waals surface area contributed by atoms with E-state index < -0.39 is 22.7 Å². The first-order valence-electron chi connectivity index (χ1n) is 6.14. The first-order chi connectivity index (χ1) is 9.88. The maximum atomic E-state index is 13.2. The van der Waals surface area contributed by atoms with Crippen LogP contribution < -0.4 is 5.32 Å². The lowest BCUT2D eigenvalue weighted by atomic mass is 10.2. The van der Waals surface area contributed by atoms with Crippen molar-refractivity contribution in [3.8, 4) is 0 Å². The molecule has 1 amide bonds. The van der Waals surface area contributed by atoms with E-state index in [9.17, 15) is 19.3 Å². The minimum Gasteiger partial charge on any atom is -0.324 e. The van der Waals surface area contributed by atoms with Gasteiger partial charge in [-0.2, -0.15) is 5.10 Å². The average molecular weight is 292 g/mol. The fraction of sp³-hybridized carbons (Fsp3) is 0.231. The van der Waals surface area contributed by atoms with Crippen LogP contribution in [0.4, 0.5) is 15.8 Å². The first kappa shape index (κ1) is 14.6. The fourth-order valence-corrected chi connectivity index (χ4v) is 1.72. The molecule has 8 heteroatoms. The van der Waals surface area contributed by atoms with Gasteiger partial charge in [-0.15, -0.1) is 0 Å². The molecule has 1 aromatic carbocycles.